The Morgan fingerprint density at radius 1 is 1.56 bits per heavy atom. The molecule has 4 heteroatoms. The van der Waals surface area contributed by atoms with Crippen molar-refractivity contribution in [1.82, 2.24) is 5.32 Å². The van der Waals surface area contributed by atoms with E-state index in [9.17, 15) is 4.79 Å². The van der Waals surface area contributed by atoms with Crippen molar-refractivity contribution in [2.75, 3.05) is 13.7 Å². The van der Waals surface area contributed by atoms with Crippen LogP contribution in [0.25, 0.3) is 0 Å². The van der Waals surface area contributed by atoms with E-state index in [1.54, 1.807) is 7.11 Å². The number of cyclic esters (lactones) is 1. The summed E-state index contributed by atoms with van der Waals surface area (Å²) in [5.74, 6) is 1.31. The normalized spacial score (nSPS) is 20.1. The summed E-state index contributed by atoms with van der Waals surface area (Å²) in [5.41, 5.74) is 1.26. The molecular formula is C14H19NO3. The van der Waals surface area contributed by atoms with Crippen LogP contribution in [0.15, 0.2) is 24.3 Å². The Hall–Kier alpha value is -1.71. The number of alkyl carbamates (subject to hydrolysis) is 1. The summed E-state index contributed by atoms with van der Waals surface area (Å²) in [5, 5.41) is 2.67. The summed E-state index contributed by atoms with van der Waals surface area (Å²) >= 11 is 0. The second kappa shape index (κ2) is 5.76. The summed E-state index contributed by atoms with van der Waals surface area (Å²) < 4.78 is 10.3. The predicted molar refractivity (Wildman–Crippen MR) is 68.9 cm³/mol. The Morgan fingerprint density at radius 3 is 3.06 bits per heavy atom. The molecule has 1 fully saturated rings. The topological polar surface area (TPSA) is 47.6 Å². The fraction of sp³-hybridized carbons (Fsp3) is 0.500. The number of methoxy groups -OCH3 is 1. The standard InChI is InChI=1S/C14H19NO3/c1-10(6-7-13-9-15-14(16)18-13)11-4-3-5-12(8-11)17-2/h3-5,8,10,13H,6-7,9H2,1-2H3,(H,15,16)/t10-,13-/m1/s1. The Balaban J connectivity index is 1.86. The molecule has 1 aromatic rings. The van der Waals surface area contributed by atoms with Crippen LogP contribution >= 0.6 is 0 Å². The first-order valence-electron chi connectivity index (χ1n) is 6.27. The third kappa shape index (κ3) is 3.15. The fourth-order valence-electron chi connectivity index (χ4n) is 2.14. The van der Waals surface area contributed by atoms with Crippen LogP contribution in [0.4, 0.5) is 4.79 Å². The van der Waals surface area contributed by atoms with Crippen molar-refractivity contribution < 1.29 is 14.3 Å². The molecule has 18 heavy (non-hydrogen) atoms. The first kappa shape index (κ1) is 12.7. The zero-order valence-corrected chi connectivity index (χ0v) is 10.8. The maximum absolute atomic E-state index is 10.9. The molecule has 2 atom stereocenters. The van der Waals surface area contributed by atoms with Gasteiger partial charge < -0.3 is 14.8 Å². The lowest BCUT2D eigenvalue weighted by Crippen LogP contribution is -2.15. The number of nitrogens with one attached hydrogen (secondary N) is 1. The molecule has 98 valence electrons. The van der Waals surface area contributed by atoms with Gasteiger partial charge >= 0.3 is 6.09 Å². The summed E-state index contributed by atoms with van der Waals surface area (Å²) in [6.07, 6.45) is 1.60. The highest BCUT2D eigenvalue weighted by Gasteiger charge is 2.22. The molecule has 2 rings (SSSR count). The van der Waals surface area contributed by atoms with Crippen molar-refractivity contribution in [3.05, 3.63) is 29.8 Å². The Bertz CT molecular complexity index is 419. The highest BCUT2D eigenvalue weighted by atomic mass is 16.6. The van der Waals surface area contributed by atoms with E-state index in [0.717, 1.165) is 18.6 Å². The van der Waals surface area contributed by atoms with Gasteiger partial charge in [0.15, 0.2) is 0 Å². The Morgan fingerprint density at radius 2 is 2.39 bits per heavy atom. The largest absolute Gasteiger partial charge is 0.497 e. The maximum Gasteiger partial charge on any atom is 0.407 e. The molecule has 0 bridgehead atoms. The lowest BCUT2D eigenvalue weighted by atomic mass is 9.94. The van der Waals surface area contributed by atoms with Crippen LogP contribution in [-0.4, -0.2) is 25.9 Å². The summed E-state index contributed by atoms with van der Waals surface area (Å²) in [6.45, 7) is 2.81. The number of rotatable bonds is 5. The third-order valence-electron chi connectivity index (χ3n) is 3.33. The molecule has 0 saturated carbocycles. The van der Waals surface area contributed by atoms with Gasteiger partial charge in [-0.15, -0.1) is 0 Å². The van der Waals surface area contributed by atoms with Gasteiger partial charge in [0.05, 0.1) is 13.7 Å². The van der Waals surface area contributed by atoms with Gasteiger partial charge in [-0.3, -0.25) is 0 Å². The third-order valence-corrected chi connectivity index (χ3v) is 3.33. The van der Waals surface area contributed by atoms with Crippen molar-refractivity contribution in [3.63, 3.8) is 0 Å². The number of benzene rings is 1. The van der Waals surface area contributed by atoms with Gasteiger partial charge in [0, 0.05) is 0 Å². The minimum atomic E-state index is -0.297. The average molecular weight is 249 g/mol. The van der Waals surface area contributed by atoms with E-state index in [2.05, 4.69) is 24.4 Å². The first-order chi connectivity index (χ1) is 8.69. The monoisotopic (exact) mass is 249 g/mol. The van der Waals surface area contributed by atoms with Gasteiger partial charge in [0.25, 0.3) is 0 Å². The molecule has 1 aliphatic heterocycles. The van der Waals surface area contributed by atoms with Crippen LogP contribution < -0.4 is 10.1 Å². The van der Waals surface area contributed by atoms with E-state index >= 15 is 0 Å². The Kier molecular flexibility index (Phi) is 4.07. The first-order valence-corrected chi connectivity index (χ1v) is 6.27. The molecule has 1 heterocycles. The van der Waals surface area contributed by atoms with Crippen molar-refractivity contribution in [2.45, 2.75) is 31.8 Å². The van der Waals surface area contributed by atoms with E-state index in [-0.39, 0.29) is 12.2 Å². The highest BCUT2D eigenvalue weighted by Crippen LogP contribution is 2.25. The predicted octanol–water partition coefficient (Wildman–Crippen LogP) is 2.69. The molecule has 1 aromatic carbocycles. The molecule has 1 saturated heterocycles. The molecular weight excluding hydrogens is 230 g/mol. The van der Waals surface area contributed by atoms with Crippen LogP contribution in [0.3, 0.4) is 0 Å². The van der Waals surface area contributed by atoms with Gasteiger partial charge in [-0.25, -0.2) is 4.79 Å². The molecule has 4 nitrogen and oxygen atoms in total. The fourth-order valence-corrected chi connectivity index (χ4v) is 2.14. The SMILES string of the molecule is COc1cccc([C@H](C)CC[C@@H]2CNC(=O)O2)c1. The van der Waals surface area contributed by atoms with Crippen molar-refractivity contribution in [3.8, 4) is 5.75 Å². The van der Waals surface area contributed by atoms with Crippen LogP contribution in [-0.2, 0) is 4.74 Å². The molecule has 0 aliphatic carbocycles. The number of amides is 1. The Labute approximate surface area is 107 Å². The van der Waals surface area contributed by atoms with Gasteiger partial charge in [-0.1, -0.05) is 19.1 Å². The molecule has 1 N–H and O–H groups in total. The maximum atomic E-state index is 10.9. The quantitative estimate of drug-likeness (QED) is 0.872. The lowest BCUT2D eigenvalue weighted by Gasteiger charge is -2.14. The molecule has 1 aliphatic rings. The van der Waals surface area contributed by atoms with Crippen molar-refractivity contribution in [2.24, 2.45) is 0 Å². The summed E-state index contributed by atoms with van der Waals surface area (Å²) in [4.78, 5) is 10.9. The number of ether oxygens (including phenoxy) is 2. The van der Waals surface area contributed by atoms with E-state index < -0.39 is 0 Å². The molecule has 1 amide bonds. The smallest absolute Gasteiger partial charge is 0.407 e. The van der Waals surface area contributed by atoms with Gasteiger partial charge in [-0.2, -0.15) is 0 Å². The number of carbonyl (C=O) groups is 1. The average Bonchev–Trinajstić information content (AvgIpc) is 2.82. The van der Waals surface area contributed by atoms with Crippen LogP contribution in [0.1, 0.15) is 31.2 Å². The highest BCUT2D eigenvalue weighted by molar-refractivity contribution is 5.69. The molecule has 0 aromatic heterocycles. The minimum absolute atomic E-state index is 0.0190. The number of carbonyl (C=O) groups excluding carboxylic acids is 1. The van der Waals surface area contributed by atoms with Crippen LogP contribution in [0.5, 0.6) is 5.75 Å². The molecule has 0 spiro atoms. The van der Waals surface area contributed by atoms with Crippen molar-refractivity contribution in [1.29, 1.82) is 0 Å². The minimum Gasteiger partial charge on any atom is -0.497 e. The number of hydrogen-bond donors (Lipinski definition) is 1. The van der Waals surface area contributed by atoms with E-state index in [4.69, 9.17) is 9.47 Å². The second-order valence-electron chi connectivity index (χ2n) is 4.66. The van der Waals surface area contributed by atoms with E-state index in [1.165, 1.54) is 5.56 Å². The van der Waals surface area contributed by atoms with Gasteiger partial charge in [-0.05, 0) is 36.5 Å². The zero-order chi connectivity index (χ0) is 13.0. The second-order valence-corrected chi connectivity index (χ2v) is 4.66. The van der Waals surface area contributed by atoms with Crippen LogP contribution in [0.2, 0.25) is 0 Å². The van der Waals surface area contributed by atoms with Crippen LogP contribution in [0, 0.1) is 0 Å². The van der Waals surface area contributed by atoms with Gasteiger partial charge in [0.2, 0.25) is 0 Å². The van der Waals surface area contributed by atoms with Crippen molar-refractivity contribution >= 4 is 6.09 Å². The molecule has 0 unspecified atom stereocenters. The summed E-state index contributed by atoms with van der Waals surface area (Å²) in [6, 6.07) is 8.11. The zero-order valence-electron chi connectivity index (χ0n) is 10.8. The van der Waals surface area contributed by atoms with E-state index in [0.29, 0.717) is 12.5 Å². The van der Waals surface area contributed by atoms with E-state index in [1.807, 2.05) is 12.1 Å². The lowest BCUT2D eigenvalue weighted by molar-refractivity contribution is 0.133. The van der Waals surface area contributed by atoms with Gasteiger partial charge in [0.1, 0.15) is 11.9 Å². The summed E-state index contributed by atoms with van der Waals surface area (Å²) in [7, 11) is 1.67. The number of hydrogen-bond acceptors (Lipinski definition) is 3. The molecule has 0 radical (unpaired) electrons.